The van der Waals surface area contributed by atoms with Crippen LogP contribution in [0.4, 0.5) is 0 Å². The zero-order valence-electron chi connectivity index (χ0n) is 12.6. The number of rotatable bonds is 9. The van der Waals surface area contributed by atoms with Crippen LogP contribution in [0.5, 0.6) is 0 Å². The van der Waals surface area contributed by atoms with Gasteiger partial charge in [0.1, 0.15) is 0 Å². The molecular formula is C18H20N2S2. The van der Waals surface area contributed by atoms with Crippen LogP contribution in [0, 0.1) is 0 Å². The van der Waals surface area contributed by atoms with E-state index < -0.39 is 0 Å². The van der Waals surface area contributed by atoms with Gasteiger partial charge < -0.3 is 0 Å². The van der Waals surface area contributed by atoms with Crippen LogP contribution in [0.1, 0.15) is 11.1 Å². The van der Waals surface area contributed by atoms with Crippen LogP contribution in [0.3, 0.4) is 0 Å². The molecule has 2 aromatic heterocycles. The maximum absolute atomic E-state index is 4.46. The third kappa shape index (κ3) is 5.35. The molecule has 2 nitrogen and oxygen atoms in total. The van der Waals surface area contributed by atoms with Gasteiger partial charge in [-0.15, -0.1) is 13.2 Å². The van der Waals surface area contributed by atoms with Gasteiger partial charge in [0, 0.05) is 35.4 Å². The van der Waals surface area contributed by atoms with Crippen LogP contribution >= 0.6 is 23.5 Å². The van der Waals surface area contributed by atoms with E-state index in [9.17, 15) is 0 Å². The molecule has 0 aliphatic rings. The molecule has 2 heterocycles. The highest BCUT2D eigenvalue weighted by Gasteiger charge is 2.04. The Morgan fingerprint density at radius 2 is 1.27 bits per heavy atom. The maximum Gasteiger partial charge on any atom is 0.0889 e. The average molecular weight is 329 g/mol. The van der Waals surface area contributed by atoms with E-state index in [2.05, 4.69) is 47.4 Å². The number of aromatic nitrogens is 2. The summed E-state index contributed by atoms with van der Waals surface area (Å²) in [5.74, 6) is 3.87. The quantitative estimate of drug-likeness (QED) is 0.479. The van der Waals surface area contributed by atoms with Crippen LogP contribution in [0.25, 0.3) is 11.4 Å². The van der Waals surface area contributed by atoms with Crippen LogP contribution in [-0.4, -0.2) is 21.5 Å². The Labute approximate surface area is 141 Å². The minimum atomic E-state index is 0.937. The van der Waals surface area contributed by atoms with Gasteiger partial charge in [-0.25, -0.2) is 0 Å². The molecule has 0 spiro atoms. The lowest BCUT2D eigenvalue weighted by molar-refractivity contribution is 1.20. The third-order valence-corrected chi connectivity index (χ3v) is 4.94. The molecule has 22 heavy (non-hydrogen) atoms. The molecule has 4 heteroatoms. The first-order chi connectivity index (χ1) is 10.8. The predicted molar refractivity (Wildman–Crippen MR) is 100 cm³/mol. The van der Waals surface area contributed by atoms with E-state index >= 15 is 0 Å². The van der Waals surface area contributed by atoms with Crippen molar-refractivity contribution in [2.45, 2.75) is 11.5 Å². The highest BCUT2D eigenvalue weighted by molar-refractivity contribution is 7.98. The van der Waals surface area contributed by atoms with Crippen molar-refractivity contribution in [3.8, 4) is 11.4 Å². The Morgan fingerprint density at radius 1 is 0.818 bits per heavy atom. The van der Waals surface area contributed by atoms with E-state index in [-0.39, 0.29) is 0 Å². The minimum Gasteiger partial charge on any atom is -0.255 e. The zero-order valence-corrected chi connectivity index (χ0v) is 14.2. The zero-order chi connectivity index (χ0) is 15.6. The average Bonchev–Trinajstić information content (AvgIpc) is 2.56. The first kappa shape index (κ1) is 16.8. The van der Waals surface area contributed by atoms with Crippen molar-refractivity contribution < 1.29 is 0 Å². The number of thioether (sulfide) groups is 2. The van der Waals surface area contributed by atoms with E-state index in [1.807, 2.05) is 48.1 Å². The van der Waals surface area contributed by atoms with Gasteiger partial charge in [-0.3, -0.25) is 9.97 Å². The molecule has 0 aliphatic heterocycles. The minimum absolute atomic E-state index is 0.937. The second-order valence-electron chi connectivity index (χ2n) is 4.71. The summed E-state index contributed by atoms with van der Waals surface area (Å²) in [4.78, 5) is 8.92. The largest absolute Gasteiger partial charge is 0.255 e. The molecular weight excluding hydrogens is 308 g/mol. The molecule has 0 saturated heterocycles. The van der Waals surface area contributed by atoms with Gasteiger partial charge in [-0.2, -0.15) is 23.5 Å². The van der Waals surface area contributed by atoms with Crippen LogP contribution in [-0.2, 0) is 11.5 Å². The molecule has 0 atom stereocenters. The van der Waals surface area contributed by atoms with Gasteiger partial charge in [0.25, 0.3) is 0 Å². The molecule has 114 valence electrons. The van der Waals surface area contributed by atoms with Crippen LogP contribution < -0.4 is 0 Å². The Kier molecular flexibility index (Phi) is 7.26. The fraction of sp³-hybridized carbons (Fsp3) is 0.222. The van der Waals surface area contributed by atoms with Crippen molar-refractivity contribution >= 4 is 23.5 Å². The molecule has 0 aliphatic carbocycles. The summed E-state index contributed by atoms with van der Waals surface area (Å²) in [7, 11) is 0. The summed E-state index contributed by atoms with van der Waals surface area (Å²) in [6, 6.07) is 8.37. The van der Waals surface area contributed by atoms with E-state index in [4.69, 9.17) is 0 Å². The fourth-order valence-corrected chi connectivity index (χ4v) is 3.33. The van der Waals surface area contributed by atoms with Crippen molar-refractivity contribution in [3.63, 3.8) is 0 Å². The summed E-state index contributed by atoms with van der Waals surface area (Å²) in [5.41, 5.74) is 4.41. The summed E-state index contributed by atoms with van der Waals surface area (Å²) in [6.45, 7) is 7.49. The molecule has 2 rings (SSSR count). The first-order valence-electron chi connectivity index (χ1n) is 7.11. The molecule has 2 aromatic rings. The van der Waals surface area contributed by atoms with Gasteiger partial charge in [-0.1, -0.05) is 12.2 Å². The standard InChI is InChI=1S/C18H20N2S2/c1-3-9-21-13-15-5-7-19-17(11-15)18-12-16(6-8-20-18)14-22-10-4-2/h3-8,11-12H,1-2,9-10,13-14H2. The molecule has 0 aromatic carbocycles. The van der Waals surface area contributed by atoms with Crippen molar-refractivity contribution in [1.82, 2.24) is 9.97 Å². The number of pyridine rings is 2. The van der Waals surface area contributed by atoms with Crippen molar-refractivity contribution in [2.24, 2.45) is 0 Å². The van der Waals surface area contributed by atoms with E-state index in [1.165, 1.54) is 11.1 Å². The molecule has 0 bridgehead atoms. The summed E-state index contributed by atoms with van der Waals surface area (Å²) >= 11 is 3.70. The van der Waals surface area contributed by atoms with Crippen molar-refractivity contribution in [1.29, 1.82) is 0 Å². The van der Waals surface area contributed by atoms with Gasteiger partial charge in [0.15, 0.2) is 0 Å². The van der Waals surface area contributed by atoms with Gasteiger partial charge >= 0.3 is 0 Å². The number of hydrogen-bond acceptors (Lipinski definition) is 4. The highest BCUT2D eigenvalue weighted by Crippen LogP contribution is 2.21. The van der Waals surface area contributed by atoms with Gasteiger partial charge in [0.05, 0.1) is 11.4 Å². The molecule has 0 saturated carbocycles. The second-order valence-corrected chi connectivity index (χ2v) is 6.77. The van der Waals surface area contributed by atoms with E-state index in [0.717, 1.165) is 34.4 Å². The smallest absolute Gasteiger partial charge is 0.0889 e. The number of hydrogen-bond donors (Lipinski definition) is 0. The molecule has 0 unspecified atom stereocenters. The predicted octanol–water partition coefficient (Wildman–Crippen LogP) is 4.98. The van der Waals surface area contributed by atoms with Gasteiger partial charge in [0.2, 0.25) is 0 Å². The van der Waals surface area contributed by atoms with Crippen molar-refractivity contribution in [3.05, 3.63) is 73.1 Å². The Balaban J connectivity index is 2.10. The number of nitrogens with zero attached hydrogens (tertiary/aromatic N) is 2. The second kappa shape index (κ2) is 9.49. The molecule has 0 amide bonds. The third-order valence-electron chi connectivity index (χ3n) is 2.92. The van der Waals surface area contributed by atoms with E-state index in [1.54, 1.807) is 0 Å². The molecule has 0 radical (unpaired) electrons. The Bertz CT molecular complexity index is 570. The summed E-state index contributed by atoms with van der Waals surface area (Å²) < 4.78 is 0. The lowest BCUT2D eigenvalue weighted by Gasteiger charge is -2.06. The lowest BCUT2D eigenvalue weighted by Crippen LogP contribution is -1.92. The Hall–Kier alpha value is -1.52. The van der Waals surface area contributed by atoms with Gasteiger partial charge in [-0.05, 0) is 35.4 Å². The summed E-state index contributed by atoms with van der Waals surface area (Å²) in [5, 5.41) is 0. The fourth-order valence-electron chi connectivity index (χ4n) is 1.93. The van der Waals surface area contributed by atoms with Crippen LogP contribution in [0.2, 0.25) is 0 Å². The first-order valence-corrected chi connectivity index (χ1v) is 9.42. The normalized spacial score (nSPS) is 10.4. The SMILES string of the molecule is C=CCSCc1ccnc(-c2cc(CSCC=C)ccn2)c1. The lowest BCUT2D eigenvalue weighted by atomic mass is 10.1. The topological polar surface area (TPSA) is 25.8 Å². The van der Waals surface area contributed by atoms with Crippen molar-refractivity contribution in [2.75, 3.05) is 11.5 Å². The van der Waals surface area contributed by atoms with E-state index in [0.29, 0.717) is 0 Å². The van der Waals surface area contributed by atoms with Crippen LogP contribution in [0.15, 0.2) is 62.0 Å². The molecule has 0 fully saturated rings. The molecule has 0 N–H and O–H groups in total. The monoisotopic (exact) mass is 328 g/mol. The Morgan fingerprint density at radius 3 is 1.68 bits per heavy atom. The summed E-state index contributed by atoms with van der Waals surface area (Å²) in [6.07, 6.45) is 7.58. The maximum atomic E-state index is 4.46. The highest BCUT2D eigenvalue weighted by atomic mass is 32.2.